The maximum Gasteiger partial charge on any atom is 0.0940 e. The fourth-order valence-corrected chi connectivity index (χ4v) is 1.82. The maximum atomic E-state index is 10.2. The molecular formula is C15H25NO2. The lowest BCUT2D eigenvalue weighted by molar-refractivity contribution is 0.0673. The predicted molar refractivity (Wildman–Crippen MR) is 74.5 cm³/mol. The Hall–Kier alpha value is -0.900. The van der Waals surface area contributed by atoms with E-state index in [4.69, 9.17) is 4.74 Å². The van der Waals surface area contributed by atoms with E-state index < -0.39 is 6.10 Å². The minimum Gasteiger partial charge on any atom is -0.387 e. The van der Waals surface area contributed by atoms with Gasteiger partial charge in [0.05, 0.1) is 12.2 Å². The number of hydrogen-bond acceptors (Lipinski definition) is 3. The number of ether oxygens (including phenoxy) is 1. The van der Waals surface area contributed by atoms with Crippen LogP contribution in [0.5, 0.6) is 0 Å². The predicted octanol–water partition coefficient (Wildman–Crippen LogP) is 2.37. The standard InChI is InChI=1S/C15H25NO2/c1-11(13(3)18-4)10-16-12(2)15(17)14-8-6-5-7-9-14/h5-9,11-13,15-17H,10H2,1-4H3/t11-,12+,13-,15+/m0/s1. The Labute approximate surface area is 110 Å². The van der Waals surface area contributed by atoms with Gasteiger partial charge >= 0.3 is 0 Å². The Morgan fingerprint density at radius 1 is 1.17 bits per heavy atom. The lowest BCUT2D eigenvalue weighted by Gasteiger charge is -2.25. The van der Waals surface area contributed by atoms with Crippen molar-refractivity contribution in [2.24, 2.45) is 5.92 Å². The van der Waals surface area contributed by atoms with Crippen LogP contribution in [0.1, 0.15) is 32.4 Å². The molecule has 0 unspecified atom stereocenters. The number of aliphatic hydroxyl groups is 1. The van der Waals surface area contributed by atoms with E-state index in [1.54, 1.807) is 7.11 Å². The molecule has 0 saturated heterocycles. The molecule has 3 heteroatoms. The molecule has 0 saturated carbocycles. The zero-order valence-electron chi connectivity index (χ0n) is 11.8. The summed E-state index contributed by atoms with van der Waals surface area (Å²) in [5.41, 5.74) is 0.949. The minimum absolute atomic E-state index is 0.0268. The molecule has 0 aliphatic heterocycles. The molecule has 1 aromatic carbocycles. The van der Waals surface area contributed by atoms with Crippen molar-refractivity contribution >= 4 is 0 Å². The molecule has 0 amide bonds. The number of methoxy groups -OCH3 is 1. The van der Waals surface area contributed by atoms with E-state index in [1.165, 1.54) is 0 Å². The molecule has 0 aliphatic rings. The fraction of sp³-hybridized carbons (Fsp3) is 0.600. The number of rotatable bonds is 7. The molecule has 1 aromatic rings. The van der Waals surface area contributed by atoms with Crippen LogP contribution in [-0.4, -0.2) is 30.9 Å². The summed E-state index contributed by atoms with van der Waals surface area (Å²) in [6, 6.07) is 9.77. The van der Waals surface area contributed by atoms with E-state index in [1.807, 2.05) is 37.3 Å². The molecule has 0 aromatic heterocycles. The van der Waals surface area contributed by atoms with Crippen LogP contribution in [0.3, 0.4) is 0 Å². The van der Waals surface area contributed by atoms with Crippen molar-refractivity contribution in [3.8, 4) is 0 Å². The number of hydrogen-bond donors (Lipinski definition) is 2. The maximum absolute atomic E-state index is 10.2. The van der Waals surface area contributed by atoms with Crippen molar-refractivity contribution in [1.82, 2.24) is 5.32 Å². The summed E-state index contributed by atoms with van der Waals surface area (Å²) in [6.07, 6.45) is -0.255. The normalized spacial score (nSPS) is 18.1. The summed E-state index contributed by atoms with van der Waals surface area (Å²) in [5, 5.41) is 13.6. The lowest BCUT2D eigenvalue weighted by atomic mass is 10.0. The molecule has 2 N–H and O–H groups in total. The van der Waals surface area contributed by atoms with Crippen LogP contribution in [0.2, 0.25) is 0 Å². The first-order chi connectivity index (χ1) is 8.56. The highest BCUT2D eigenvalue weighted by molar-refractivity contribution is 5.18. The van der Waals surface area contributed by atoms with Crippen LogP contribution in [0.25, 0.3) is 0 Å². The summed E-state index contributed by atoms with van der Waals surface area (Å²) in [7, 11) is 1.73. The minimum atomic E-state index is -0.476. The molecule has 0 heterocycles. The molecule has 0 radical (unpaired) electrons. The average Bonchev–Trinajstić information content (AvgIpc) is 2.43. The van der Waals surface area contributed by atoms with Crippen molar-refractivity contribution in [1.29, 1.82) is 0 Å². The average molecular weight is 251 g/mol. The van der Waals surface area contributed by atoms with Crippen LogP contribution >= 0.6 is 0 Å². The van der Waals surface area contributed by atoms with Crippen molar-refractivity contribution < 1.29 is 9.84 Å². The van der Waals surface area contributed by atoms with E-state index in [0.29, 0.717) is 5.92 Å². The van der Waals surface area contributed by atoms with Gasteiger partial charge < -0.3 is 15.2 Å². The summed E-state index contributed by atoms with van der Waals surface area (Å²) in [6.45, 7) is 7.04. The van der Waals surface area contributed by atoms with Gasteiger partial charge in [-0.3, -0.25) is 0 Å². The third-order valence-electron chi connectivity index (χ3n) is 3.55. The van der Waals surface area contributed by atoms with Gasteiger partial charge in [0, 0.05) is 19.7 Å². The van der Waals surface area contributed by atoms with Crippen molar-refractivity contribution in [3.05, 3.63) is 35.9 Å². The summed E-state index contributed by atoms with van der Waals surface area (Å²) >= 11 is 0. The SMILES string of the molecule is CO[C@@H](C)[C@@H](C)CN[C@H](C)[C@@H](O)c1ccccc1. The van der Waals surface area contributed by atoms with E-state index in [9.17, 15) is 5.11 Å². The van der Waals surface area contributed by atoms with E-state index in [0.717, 1.165) is 12.1 Å². The first-order valence-electron chi connectivity index (χ1n) is 6.55. The molecule has 3 nitrogen and oxygen atoms in total. The summed E-state index contributed by atoms with van der Waals surface area (Å²) in [4.78, 5) is 0. The second-order valence-corrected chi connectivity index (χ2v) is 4.97. The second kappa shape index (κ2) is 7.52. The van der Waals surface area contributed by atoms with Gasteiger partial charge in [0.2, 0.25) is 0 Å². The summed E-state index contributed by atoms with van der Waals surface area (Å²) < 4.78 is 5.29. The zero-order valence-corrected chi connectivity index (χ0v) is 11.8. The van der Waals surface area contributed by atoms with Crippen LogP contribution in [0, 0.1) is 5.92 Å². The molecule has 18 heavy (non-hydrogen) atoms. The number of aliphatic hydroxyl groups excluding tert-OH is 1. The molecule has 0 aliphatic carbocycles. The first kappa shape index (κ1) is 15.2. The van der Waals surface area contributed by atoms with Crippen LogP contribution in [0.4, 0.5) is 0 Å². The Balaban J connectivity index is 2.43. The highest BCUT2D eigenvalue weighted by atomic mass is 16.5. The quantitative estimate of drug-likeness (QED) is 0.781. The lowest BCUT2D eigenvalue weighted by Crippen LogP contribution is -2.37. The van der Waals surface area contributed by atoms with Crippen LogP contribution in [0.15, 0.2) is 30.3 Å². The van der Waals surface area contributed by atoms with Gasteiger partial charge in [-0.05, 0) is 25.3 Å². The smallest absolute Gasteiger partial charge is 0.0940 e. The zero-order chi connectivity index (χ0) is 13.5. The van der Waals surface area contributed by atoms with Crippen molar-refractivity contribution in [3.63, 3.8) is 0 Å². The van der Waals surface area contributed by atoms with E-state index >= 15 is 0 Å². The number of nitrogens with one attached hydrogen (secondary N) is 1. The molecule has 0 fully saturated rings. The van der Waals surface area contributed by atoms with Crippen LogP contribution < -0.4 is 5.32 Å². The van der Waals surface area contributed by atoms with Gasteiger partial charge in [-0.2, -0.15) is 0 Å². The van der Waals surface area contributed by atoms with Crippen molar-refractivity contribution in [2.45, 2.75) is 39.0 Å². The molecule has 1 rings (SSSR count). The third kappa shape index (κ3) is 4.41. The highest BCUT2D eigenvalue weighted by Gasteiger charge is 2.18. The Bertz CT molecular complexity index is 329. The topological polar surface area (TPSA) is 41.5 Å². The Kier molecular flexibility index (Phi) is 6.33. The van der Waals surface area contributed by atoms with Crippen LogP contribution in [-0.2, 0) is 4.74 Å². The summed E-state index contributed by atoms with van der Waals surface area (Å²) in [5.74, 6) is 0.417. The van der Waals surface area contributed by atoms with E-state index in [-0.39, 0.29) is 12.1 Å². The first-order valence-corrected chi connectivity index (χ1v) is 6.55. The third-order valence-corrected chi connectivity index (χ3v) is 3.55. The van der Waals surface area contributed by atoms with Gasteiger partial charge in [0.1, 0.15) is 0 Å². The largest absolute Gasteiger partial charge is 0.387 e. The van der Waals surface area contributed by atoms with Gasteiger partial charge in [-0.15, -0.1) is 0 Å². The highest BCUT2D eigenvalue weighted by Crippen LogP contribution is 2.16. The Morgan fingerprint density at radius 2 is 1.78 bits per heavy atom. The monoisotopic (exact) mass is 251 g/mol. The van der Waals surface area contributed by atoms with E-state index in [2.05, 4.69) is 19.2 Å². The van der Waals surface area contributed by atoms with Gasteiger partial charge in [-0.1, -0.05) is 37.3 Å². The molecule has 0 spiro atoms. The number of benzene rings is 1. The Morgan fingerprint density at radius 3 is 2.33 bits per heavy atom. The van der Waals surface area contributed by atoms with Gasteiger partial charge in [0.15, 0.2) is 0 Å². The molecule has 4 atom stereocenters. The fourth-order valence-electron chi connectivity index (χ4n) is 1.82. The molecular weight excluding hydrogens is 226 g/mol. The van der Waals surface area contributed by atoms with Crippen molar-refractivity contribution in [2.75, 3.05) is 13.7 Å². The molecule has 0 bridgehead atoms. The van der Waals surface area contributed by atoms with Gasteiger partial charge in [0.25, 0.3) is 0 Å². The molecule has 102 valence electrons. The van der Waals surface area contributed by atoms with Gasteiger partial charge in [-0.25, -0.2) is 0 Å². The second-order valence-electron chi connectivity index (χ2n) is 4.97.